The summed E-state index contributed by atoms with van der Waals surface area (Å²) in [5.74, 6) is 0.640. The summed E-state index contributed by atoms with van der Waals surface area (Å²) in [6.07, 6.45) is 14.9. The van der Waals surface area contributed by atoms with Gasteiger partial charge in [0.25, 0.3) is 0 Å². The van der Waals surface area contributed by atoms with Gasteiger partial charge in [0, 0.05) is 11.8 Å². The van der Waals surface area contributed by atoms with Crippen LogP contribution in [0.5, 0.6) is 6.01 Å². The van der Waals surface area contributed by atoms with Gasteiger partial charge in [-0.25, -0.2) is 4.98 Å². The highest BCUT2D eigenvalue weighted by molar-refractivity contribution is 5.72. The summed E-state index contributed by atoms with van der Waals surface area (Å²) in [6, 6.07) is -0.183. The second-order valence-corrected chi connectivity index (χ2v) is 6.37. The average Bonchev–Trinajstić information content (AvgIpc) is 2.51. The highest BCUT2D eigenvalue weighted by Gasteiger charge is 2.18. The average molecular weight is 316 g/mol. The normalized spacial score (nSPS) is 23.7. The fraction of sp³-hybridized carbons (Fsp3) is 0.579. The largest absolute Gasteiger partial charge is 0.479 e. The minimum Gasteiger partial charge on any atom is -0.479 e. The molecular formula is C19H28N2O2. The van der Waals surface area contributed by atoms with E-state index in [0.29, 0.717) is 5.92 Å². The van der Waals surface area contributed by atoms with Gasteiger partial charge in [0.2, 0.25) is 0 Å². The molecule has 1 aliphatic carbocycles. The summed E-state index contributed by atoms with van der Waals surface area (Å²) in [7, 11) is 0. The van der Waals surface area contributed by atoms with Gasteiger partial charge < -0.3 is 10.2 Å². The van der Waals surface area contributed by atoms with E-state index in [9.17, 15) is 10.2 Å². The van der Waals surface area contributed by atoms with Gasteiger partial charge in [-0.05, 0) is 50.7 Å². The zero-order chi connectivity index (χ0) is 16.7. The molecule has 0 atom stereocenters. The first-order valence-electron chi connectivity index (χ1n) is 8.66. The Morgan fingerprint density at radius 1 is 1.22 bits per heavy atom. The Labute approximate surface area is 139 Å². The Morgan fingerprint density at radius 3 is 2.52 bits per heavy atom. The molecule has 2 rings (SSSR count). The lowest BCUT2D eigenvalue weighted by molar-refractivity contribution is 0.134. The maximum atomic E-state index is 9.77. The quantitative estimate of drug-likeness (QED) is 0.867. The topological polar surface area (TPSA) is 66.2 Å². The second-order valence-electron chi connectivity index (χ2n) is 6.37. The van der Waals surface area contributed by atoms with Crippen molar-refractivity contribution in [3.05, 3.63) is 29.6 Å². The van der Waals surface area contributed by atoms with E-state index in [1.54, 1.807) is 6.20 Å². The first kappa shape index (κ1) is 17.7. The van der Waals surface area contributed by atoms with Crippen LogP contribution < -0.4 is 0 Å². The molecule has 23 heavy (non-hydrogen) atoms. The van der Waals surface area contributed by atoms with Crippen LogP contribution in [0.3, 0.4) is 0 Å². The first-order valence-corrected chi connectivity index (χ1v) is 8.66. The summed E-state index contributed by atoms with van der Waals surface area (Å²) in [4.78, 5) is 8.12. The van der Waals surface area contributed by atoms with Crippen LogP contribution in [0.15, 0.2) is 18.3 Å². The molecule has 1 aromatic rings. The highest BCUT2D eigenvalue weighted by atomic mass is 16.3. The predicted octanol–water partition coefficient (Wildman–Crippen LogP) is 4.34. The number of aromatic hydroxyl groups is 1. The van der Waals surface area contributed by atoms with Crippen molar-refractivity contribution < 1.29 is 10.2 Å². The van der Waals surface area contributed by atoms with Crippen LogP contribution in [-0.2, 0) is 0 Å². The number of aliphatic hydroxyl groups excluding tert-OH is 1. The van der Waals surface area contributed by atoms with E-state index in [4.69, 9.17) is 0 Å². The summed E-state index contributed by atoms with van der Waals surface area (Å²) in [5.41, 5.74) is 3.02. The minimum atomic E-state index is -0.183. The van der Waals surface area contributed by atoms with Crippen molar-refractivity contribution in [2.75, 3.05) is 0 Å². The molecule has 0 aromatic carbocycles. The Morgan fingerprint density at radius 2 is 1.91 bits per heavy atom. The van der Waals surface area contributed by atoms with Gasteiger partial charge in [-0.15, -0.1) is 0 Å². The van der Waals surface area contributed by atoms with Crippen molar-refractivity contribution in [2.45, 2.75) is 64.9 Å². The van der Waals surface area contributed by atoms with E-state index >= 15 is 0 Å². The molecule has 1 fully saturated rings. The molecular weight excluding hydrogens is 288 g/mol. The number of aromatic nitrogens is 2. The smallest absolute Gasteiger partial charge is 0.314 e. The fourth-order valence-electron chi connectivity index (χ4n) is 3.39. The molecule has 0 saturated heterocycles. The molecule has 126 valence electrons. The van der Waals surface area contributed by atoms with Gasteiger partial charge in [-0.1, -0.05) is 37.8 Å². The molecule has 0 spiro atoms. The standard InChI is InChI=1S/C19H28N2O2/c1-3-7-18-17(13-20-19(23)21-18)15(4-2)12-14-8-5-10-16(22)11-6-9-14/h3-4,7,13-14,16,22H,5-6,8-12H2,1-2H3,(H,20,21,23)/b7-3-,15-4-. The van der Waals surface area contributed by atoms with Gasteiger partial charge >= 0.3 is 6.01 Å². The van der Waals surface area contributed by atoms with Crippen LogP contribution in [0.25, 0.3) is 11.6 Å². The lowest BCUT2D eigenvalue weighted by atomic mass is 9.84. The van der Waals surface area contributed by atoms with E-state index in [2.05, 4.69) is 16.0 Å². The third-order valence-corrected chi connectivity index (χ3v) is 4.63. The molecule has 1 aromatic heterocycles. The highest BCUT2D eigenvalue weighted by Crippen LogP contribution is 2.32. The fourth-order valence-corrected chi connectivity index (χ4v) is 3.39. The molecule has 1 saturated carbocycles. The van der Waals surface area contributed by atoms with Crippen molar-refractivity contribution in [2.24, 2.45) is 5.92 Å². The summed E-state index contributed by atoms with van der Waals surface area (Å²) >= 11 is 0. The van der Waals surface area contributed by atoms with Gasteiger partial charge in [-0.2, -0.15) is 4.98 Å². The Kier molecular flexibility index (Phi) is 6.78. The van der Waals surface area contributed by atoms with Crippen LogP contribution >= 0.6 is 0 Å². The van der Waals surface area contributed by atoms with E-state index in [-0.39, 0.29) is 12.1 Å². The molecule has 0 amide bonds. The molecule has 1 aliphatic rings. The molecule has 4 nitrogen and oxygen atoms in total. The molecule has 2 N–H and O–H groups in total. The number of hydrogen-bond acceptors (Lipinski definition) is 4. The molecule has 0 unspecified atom stereocenters. The van der Waals surface area contributed by atoms with Crippen molar-refractivity contribution in [3.8, 4) is 6.01 Å². The Bertz CT molecular complexity index is 556. The lowest BCUT2D eigenvalue weighted by Gasteiger charge is -2.23. The monoisotopic (exact) mass is 316 g/mol. The summed E-state index contributed by atoms with van der Waals surface area (Å²) in [5, 5.41) is 19.3. The zero-order valence-corrected chi connectivity index (χ0v) is 14.2. The minimum absolute atomic E-state index is 0.107. The van der Waals surface area contributed by atoms with E-state index < -0.39 is 0 Å². The van der Waals surface area contributed by atoms with Crippen molar-refractivity contribution in [3.63, 3.8) is 0 Å². The van der Waals surface area contributed by atoms with Crippen molar-refractivity contribution >= 4 is 11.6 Å². The first-order chi connectivity index (χ1) is 11.1. The maximum absolute atomic E-state index is 9.77. The van der Waals surface area contributed by atoms with Gasteiger partial charge in [0.1, 0.15) is 0 Å². The number of nitrogens with zero attached hydrogens (tertiary/aromatic N) is 2. The second kappa shape index (κ2) is 8.82. The zero-order valence-electron chi connectivity index (χ0n) is 14.2. The van der Waals surface area contributed by atoms with Crippen molar-refractivity contribution in [1.29, 1.82) is 0 Å². The predicted molar refractivity (Wildman–Crippen MR) is 93.9 cm³/mol. The van der Waals surface area contributed by atoms with E-state index in [1.807, 2.05) is 26.0 Å². The van der Waals surface area contributed by atoms with Gasteiger partial charge in [0.15, 0.2) is 0 Å². The van der Waals surface area contributed by atoms with Gasteiger partial charge in [0.05, 0.1) is 11.8 Å². The van der Waals surface area contributed by atoms with Crippen LogP contribution in [-0.4, -0.2) is 26.3 Å². The van der Waals surface area contributed by atoms with Crippen LogP contribution in [0.4, 0.5) is 0 Å². The van der Waals surface area contributed by atoms with Crippen LogP contribution in [0.1, 0.15) is 70.1 Å². The molecule has 0 bridgehead atoms. The Balaban J connectivity index is 2.14. The number of allylic oxidation sites excluding steroid dienone is 3. The molecule has 1 heterocycles. The number of hydrogen-bond donors (Lipinski definition) is 2. The maximum Gasteiger partial charge on any atom is 0.314 e. The van der Waals surface area contributed by atoms with Gasteiger partial charge in [-0.3, -0.25) is 0 Å². The number of rotatable bonds is 4. The lowest BCUT2D eigenvalue weighted by Crippen LogP contribution is -2.13. The molecule has 4 heteroatoms. The van der Waals surface area contributed by atoms with E-state index in [1.165, 1.54) is 5.57 Å². The third-order valence-electron chi connectivity index (χ3n) is 4.63. The Hall–Kier alpha value is -1.68. The SMILES string of the molecule is C/C=C\c1nc(O)ncc1/C(=C\C)CC1CCCC(O)CCC1. The molecule has 0 radical (unpaired) electrons. The summed E-state index contributed by atoms with van der Waals surface area (Å²) < 4.78 is 0. The number of aliphatic hydroxyl groups is 1. The van der Waals surface area contributed by atoms with Crippen LogP contribution in [0, 0.1) is 5.92 Å². The summed E-state index contributed by atoms with van der Waals surface area (Å²) in [6.45, 7) is 3.99. The van der Waals surface area contributed by atoms with E-state index in [0.717, 1.165) is 56.2 Å². The molecule has 0 aliphatic heterocycles. The third kappa shape index (κ3) is 5.17. The van der Waals surface area contributed by atoms with Crippen LogP contribution in [0.2, 0.25) is 0 Å². The van der Waals surface area contributed by atoms with Crippen molar-refractivity contribution in [1.82, 2.24) is 9.97 Å².